The normalized spacial score (nSPS) is 14.6. The highest BCUT2D eigenvalue weighted by Gasteiger charge is 2.19. The van der Waals surface area contributed by atoms with Gasteiger partial charge in [0.1, 0.15) is 5.75 Å². The molecule has 0 bridgehead atoms. The largest absolute Gasteiger partial charge is 0.494 e. The zero-order valence-electron chi connectivity index (χ0n) is 12.2. The molecule has 0 unspecified atom stereocenters. The van der Waals surface area contributed by atoms with Crippen LogP contribution < -0.4 is 10.1 Å². The summed E-state index contributed by atoms with van der Waals surface area (Å²) in [6.45, 7) is 4.07. The first-order valence-electron chi connectivity index (χ1n) is 7.83. The van der Waals surface area contributed by atoms with Gasteiger partial charge in [-0.3, -0.25) is 0 Å². The van der Waals surface area contributed by atoms with E-state index in [1.807, 2.05) is 0 Å². The van der Waals surface area contributed by atoms with Gasteiger partial charge in [0.05, 0.1) is 6.61 Å². The summed E-state index contributed by atoms with van der Waals surface area (Å²) in [7, 11) is 0. The molecule has 1 aromatic carbocycles. The first kappa shape index (κ1) is 14.4. The molecule has 0 saturated heterocycles. The number of hydrogen-bond donors (Lipinski definition) is 1. The quantitative estimate of drug-likeness (QED) is 0.634. The number of unbranched alkanes of at least 4 members (excludes halogenated alkanes) is 4. The zero-order valence-corrected chi connectivity index (χ0v) is 12.2. The topological polar surface area (TPSA) is 21.3 Å². The Labute approximate surface area is 117 Å². The van der Waals surface area contributed by atoms with Gasteiger partial charge in [-0.25, -0.2) is 0 Å². The molecule has 1 aromatic rings. The van der Waals surface area contributed by atoms with Crippen molar-refractivity contribution < 1.29 is 4.74 Å². The molecule has 1 aliphatic carbocycles. The van der Waals surface area contributed by atoms with Gasteiger partial charge in [-0.05, 0) is 37.0 Å². The molecule has 106 valence electrons. The molecular weight excluding hydrogens is 234 g/mol. The number of benzene rings is 1. The van der Waals surface area contributed by atoms with Crippen LogP contribution >= 0.6 is 0 Å². The second-order valence-corrected chi connectivity index (χ2v) is 5.57. The Morgan fingerprint density at radius 2 is 2.00 bits per heavy atom. The number of nitrogens with one attached hydrogen (secondary N) is 1. The number of ether oxygens (including phenoxy) is 1. The third-order valence-corrected chi connectivity index (χ3v) is 3.59. The average molecular weight is 261 g/mol. The standard InChI is InChI=1S/C17H27NO/c1-2-3-4-5-6-12-19-17-9-7-8-15(13-17)14-18-16-10-11-16/h7-9,13,16,18H,2-6,10-12,14H2,1H3. The van der Waals surface area contributed by atoms with Crippen LogP contribution in [0.25, 0.3) is 0 Å². The molecule has 0 aromatic heterocycles. The smallest absolute Gasteiger partial charge is 0.119 e. The van der Waals surface area contributed by atoms with Crippen molar-refractivity contribution in [2.24, 2.45) is 0 Å². The number of rotatable bonds is 10. The molecule has 0 amide bonds. The minimum atomic E-state index is 0.767. The fourth-order valence-corrected chi connectivity index (χ4v) is 2.19. The van der Waals surface area contributed by atoms with Crippen molar-refractivity contribution in [2.75, 3.05) is 6.61 Å². The van der Waals surface area contributed by atoms with Crippen LogP contribution in [-0.2, 0) is 6.54 Å². The molecule has 2 rings (SSSR count). The van der Waals surface area contributed by atoms with Gasteiger partial charge in [-0.1, -0.05) is 44.7 Å². The van der Waals surface area contributed by atoms with Crippen LogP contribution in [0.2, 0.25) is 0 Å². The summed E-state index contributed by atoms with van der Waals surface area (Å²) in [5.41, 5.74) is 1.33. The van der Waals surface area contributed by atoms with Crippen molar-refractivity contribution in [1.82, 2.24) is 5.32 Å². The van der Waals surface area contributed by atoms with E-state index in [9.17, 15) is 0 Å². The van der Waals surface area contributed by atoms with Crippen molar-refractivity contribution >= 4 is 0 Å². The van der Waals surface area contributed by atoms with E-state index in [0.717, 1.165) is 24.9 Å². The maximum Gasteiger partial charge on any atom is 0.119 e. The molecule has 1 aliphatic rings. The molecule has 0 radical (unpaired) electrons. The molecular formula is C17H27NO. The van der Waals surface area contributed by atoms with E-state index in [4.69, 9.17) is 4.74 Å². The number of hydrogen-bond acceptors (Lipinski definition) is 2. The summed E-state index contributed by atoms with van der Waals surface area (Å²) in [6.07, 6.45) is 9.13. The van der Waals surface area contributed by atoms with E-state index in [0.29, 0.717) is 0 Å². The third kappa shape index (κ3) is 6.11. The van der Waals surface area contributed by atoms with Crippen molar-refractivity contribution in [3.05, 3.63) is 29.8 Å². The average Bonchev–Trinajstić information content (AvgIpc) is 3.25. The van der Waals surface area contributed by atoms with E-state index in [-0.39, 0.29) is 0 Å². The van der Waals surface area contributed by atoms with Gasteiger partial charge < -0.3 is 10.1 Å². The molecule has 19 heavy (non-hydrogen) atoms. The molecule has 1 saturated carbocycles. The monoisotopic (exact) mass is 261 g/mol. The van der Waals surface area contributed by atoms with Gasteiger partial charge in [-0.2, -0.15) is 0 Å². The summed E-state index contributed by atoms with van der Waals surface area (Å²) in [4.78, 5) is 0. The molecule has 1 fully saturated rings. The molecule has 0 atom stereocenters. The molecule has 1 N–H and O–H groups in total. The van der Waals surface area contributed by atoms with E-state index in [1.54, 1.807) is 0 Å². The summed E-state index contributed by atoms with van der Waals surface area (Å²) < 4.78 is 5.82. The predicted octanol–water partition coefficient (Wildman–Crippen LogP) is 4.29. The fourth-order valence-electron chi connectivity index (χ4n) is 2.19. The maximum atomic E-state index is 5.82. The summed E-state index contributed by atoms with van der Waals surface area (Å²) in [5, 5.41) is 3.53. The lowest BCUT2D eigenvalue weighted by Gasteiger charge is -2.08. The molecule has 0 heterocycles. The van der Waals surface area contributed by atoms with E-state index >= 15 is 0 Å². The Bertz CT molecular complexity index is 360. The minimum Gasteiger partial charge on any atom is -0.494 e. The van der Waals surface area contributed by atoms with Gasteiger partial charge in [0.15, 0.2) is 0 Å². The van der Waals surface area contributed by atoms with Crippen molar-refractivity contribution in [3.8, 4) is 5.75 Å². The lowest BCUT2D eigenvalue weighted by atomic mass is 10.2. The molecule has 2 nitrogen and oxygen atoms in total. The third-order valence-electron chi connectivity index (χ3n) is 3.59. The first-order chi connectivity index (χ1) is 9.38. The van der Waals surface area contributed by atoms with Crippen LogP contribution in [-0.4, -0.2) is 12.6 Å². The molecule has 2 heteroatoms. The maximum absolute atomic E-state index is 5.82. The molecule has 0 spiro atoms. The van der Waals surface area contributed by atoms with Gasteiger partial charge in [-0.15, -0.1) is 0 Å². The summed E-state index contributed by atoms with van der Waals surface area (Å²) in [6, 6.07) is 9.26. The Morgan fingerprint density at radius 1 is 1.16 bits per heavy atom. The van der Waals surface area contributed by atoms with Crippen LogP contribution in [0.1, 0.15) is 57.4 Å². The zero-order chi connectivity index (χ0) is 13.3. The van der Waals surface area contributed by atoms with Crippen LogP contribution in [0.4, 0.5) is 0 Å². The van der Waals surface area contributed by atoms with Crippen molar-refractivity contribution in [3.63, 3.8) is 0 Å². The van der Waals surface area contributed by atoms with Gasteiger partial charge in [0, 0.05) is 12.6 Å². The van der Waals surface area contributed by atoms with Crippen molar-refractivity contribution in [1.29, 1.82) is 0 Å². The highest BCUT2D eigenvalue weighted by Crippen LogP contribution is 2.20. The Kier molecular flexibility index (Phi) is 6.22. The fraction of sp³-hybridized carbons (Fsp3) is 0.647. The van der Waals surface area contributed by atoms with Crippen LogP contribution in [0.15, 0.2) is 24.3 Å². The summed E-state index contributed by atoms with van der Waals surface area (Å²) >= 11 is 0. The first-order valence-corrected chi connectivity index (χ1v) is 7.83. The Hall–Kier alpha value is -1.02. The van der Waals surface area contributed by atoms with Crippen LogP contribution in [0, 0.1) is 0 Å². The van der Waals surface area contributed by atoms with Crippen molar-refractivity contribution in [2.45, 2.75) is 64.5 Å². The predicted molar refractivity (Wildman–Crippen MR) is 80.6 cm³/mol. The van der Waals surface area contributed by atoms with Crippen LogP contribution in [0.3, 0.4) is 0 Å². The minimum absolute atomic E-state index is 0.767. The van der Waals surface area contributed by atoms with Gasteiger partial charge in [0.25, 0.3) is 0 Å². The SMILES string of the molecule is CCCCCCCOc1cccc(CNC2CC2)c1. The lowest BCUT2D eigenvalue weighted by molar-refractivity contribution is 0.304. The van der Waals surface area contributed by atoms with E-state index in [1.165, 1.54) is 50.5 Å². The Morgan fingerprint density at radius 3 is 2.79 bits per heavy atom. The second kappa shape index (κ2) is 8.21. The van der Waals surface area contributed by atoms with E-state index in [2.05, 4.69) is 36.5 Å². The second-order valence-electron chi connectivity index (χ2n) is 5.57. The highest BCUT2D eigenvalue weighted by atomic mass is 16.5. The van der Waals surface area contributed by atoms with Gasteiger partial charge in [0.2, 0.25) is 0 Å². The van der Waals surface area contributed by atoms with Gasteiger partial charge >= 0.3 is 0 Å². The highest BCUT2D eigenvalue weighted by molar-refractivity contribution is 5.28. The molecule has 0 aliphatic heterocycles. The summed E-state index contributed by atoms with van der Waals surface area (Å²) in [5.74, 6) is 1.02. The Balaban J connectivity index is 1.63. The van der Waals surface area contributed by atoms with E-state index < -0.39 is 0 Å². The van der Waals surface area contributed by atoms with Crippen LogP contribution in [0.5, 0.6) is 5.75 Å². The lowest BCUT2D eigenvalue weighted by Crippen LogP contribution is -2.15.